The molecule has 3 nitrogen and oxygen atoms in total. The molecule has 0 aromatic heterocycles. The second kappa shape index (κ2) is 9.01. The van der Waals surface area contributed by atoms with Crippen molar-refractivity contribution >= 4 is 0 Å². The van der Waals surface area contributed by atoms with E-state index in [4.69, 9.17) is 4.74 Å². The van der Waals surface area contributed by atoms with E-state index in [0.29, 0.717) is 12.0 Å². The minimum absolute atomic E-state index is 0.335. The zero-order valence-corrected chi connectivity index (χ0v) is 14.0. The van der Waals surface area contributed by atoms with Gasteiger partial charge in [-0.25, -0.2) is 0 Å². The molecule has 0 bridgehead atoms. The van der Waals surface area contributed by atoms with Gasteiger partial charge in [0.15, 0.2) is 0 Å². The monoisotopic (exact) mass is 285 g/mol. The molecular weight excluding hydrogens is 250 g/mol. The summed E-state index contributed by atoms with van der Waals surface area (Å²) in [5.74, 6) is 0.811. The molecule has 1 fully saturated rings. The maximum atomic E-state index is 10.1. The highest BCUT2D eigenvalue weighted by molar-refractivity contribution is 4.79. The number of aliphatic hydroxyl groups excluding tert-OH is 1. The van der Waals surface area contributed by atoms with Crippen molar-refractivity contribution in [3.8, 4) is 0 Å². The van der Waals surface area contributed by atoms with Gasteiger partial charge in [0.25, 0.3) is 0 Å². The predicted molar refractivity (Wildman–Crippen MR) is 85.0 cm³/mol. The molecule has 2 atom stereocenters. The summed E-state index contributed by atoms with van der Waals surface area (Å²) in [6.45, 7) is 13.5. The molecule has 2 unspecified atom stereocenters. The second-order valence-electron chi connectivity index (χ2n) is 7.38. The summed E-state index contributed by atoms with van der Waals surface area (Å²) >= 11 is 0. The van der Waals surface area contributed by atoms with Gasteiger partial charge < -0.3 is 14.7 Å². The fourth-order valence-electron chi connectivity index (χ4n) is 3.02. The Morgan fingerprint density at radius 1 is 1.25 bits per heavy atom. The van der Waals surface area contributed by atoms with Crippen molar-refractivity contribution in [1.82, 2.24) is 4.90 Å². The SMILES string of the molecule is CCCCOCC(O)CN1CCCC(C(C)(C)C)CC1. The Kier molecular flexibility index (Phi) is 8.08. The Morgan fingerprint density at radius 3 is 2.65 bits per heavy atom. The minimum atomic E-state index is -0.335. The molecule has 120 valence electrons. The third kappa shape index (κ3) is 7.05. The van der Waals surface area contributed by atoms with E-state index in [1.165, 1.54) is 19.3 Å². The van der Waals surface area contributed by atoms with E-state index < -0.39 is 0 Å². The lowest BCUT2D eigenvalue weighted by atomic mass is 9.77. The molecule has 1 rings (SSSR count). The second-order valence-corrected chi connectivity index (χ2v) is 7.38. The van der Waals surface area contributed by atoms with Crippen LogP contribution in [0.1, 0.15) is 59.8 Å². The van der Waals surface area contributed by atoms with Crippen LogP contribution >= 0.6 is 0 Å². The van der Waals surface area contributed by atoms with Crippen molar-refractivity contribution in [3.63, 3.8) is 0 Å². The zero-order chi connectivity index (χ0) is 15.0. The molecular formula is C17H35NO2. The number of unbranched alkanes of at least 4 members (excludes halogenated alkanes) is 1. The molecule has 0 aromatic rings. The third-order valence-corrected chi connectivity index (χ3v) is 4.47. The Labute approximate surface area is 125 Å². The predicted octanol–water partition coefficient (Wildman–Crippen LogP) is 3.31. The molecule has 0 aliphatic carbocycles. The average molecular weight is 285 g/mol. The van der Waals surface area contributed by atoms with Gasteiger partial charge in [0.2, 0.25) is 0 Å². The molecule has 3 heteroatoms. The number of hydrogen-bond acceptors (Lipinski definition) is 3. The summed E-state index contributed by atoms with van der Waals surface area (Å²) in [5.41, 5.74) is 0.415. The highest BCUT2D eigenvalue weighted by Gasteiger charge is 2.27. The van der Waals surface area contributed by atoms with Crippen LogP contribution in [-0.2, 0) is 4.74 Å². The van der Waals surface area contributed by atoms with Gasteiger partial charge in [-0.05, 0) is 50.1 Å². The summed E-state index contributed by atoms with van der Waals surface area (Å²) in [4.78, 5) is 2.42. The average Bonchev–Trinajstić information content (AvgIpc) is 2.60. The molecule has 0 radical (unpaired) electrons. The number of nitrogens with zero attached hydrogens (tertiary/aromatic N) is 1. The van der Waals surface area contributed by atoms with Crippen LogP contribution in [0.4, 0.5) is 0 Å². The zero-order valence-electron chi connectivity index (χ0n) is 14.0. The van der Waals surface area contributed by atoms with Crippen molar-refractivity contribution in [1.29, 1.82) is 0 Å². The van der Waals surface area contributed by atoms with Gasteiger partial charge in [-0.3, -0.25) is 0 Å². The normalized spacial score (nSPS) is 23.6. The van der Waals surface area contributed by atoms with E-state index in [1.807, 2.05) is 0 Å². The Balaban J connectivity index is 2.24. The van der Waals surface area contributed by atoms with Crippen LogP contribution in [0, 0.1) is 11.3 Å². The smallest absolute Gasteiger partial charge is 0.0900 e. The molecule has 20 heavy (non-hydrogen) atoms. The van der Waals surface area contributed by atoms with Crippen LogP contribution in [0.2, 0.25) is 0 Å². The largest absolute Gasteiger partial charge is 0.389 e. The lowest BCUT2D eigenvalue weighted by Gasteiger charge is -2.30. The molecule has 1 heterocycles. The first kappa shape index (κ1) is 17.9. The van der Waals surface area contributed by atoms with Crippen LogP contribution < -0.4 is 0 Å². The maximum Gasteiger partial charge on any atom is 0.0900 e. The number of ether oxygens (including phenoxy) is 1. The molecule has 1 saturated heterocycles. The van der Waals surface area contributed by atoms with Crippen molar-refractivity contribution in [2.24, 2.45) is 11.3 Å². The summed E-state index contributed by atoms with van der Waals surface area (Å²) in [7, 11) is 0. The Hall–Kier alpha value is -0.120. The number of rotatable bonds is 7. The van der Waals surface area contributed by atoms with E-state index in [2.05, 4.69) is 32.6 Å². The van der Waals surface area contributed by atoms with Crippen LogP contribution in [0.5, 0.6) is 0 Å². The fraction of sp³-hybridized carbons (Fsp3) is 1.00. The molecule has 0 spiro atoms. The van der Waals surface area contributed by atoms with Crippen molar-refractivity contribution < 1.29 is 9.84 Å². The number of hydrogen-bond donors (Lipinski definition) is 1. The number of aliphatic hydroxyl groups is 1. The maximum absolute atomic E-state index is 10.1. The first-order valence-electron chi connectivity index (χ1n) is 8.41. The van der Waals surface area contributed by atoms with E-state index in [-0.39, 0.29) is 6.10 Å². The van der Waals surface area contributed by atoms with E-state index in [0.717, 1.165) is 45.0 Å². The van der Waals surface area contributed by atoms with Crippen LogP contribution in [0.25, 0.3) is 0 Å². The first-order chi connectivity index (χ1) is 9.43. The van der Waals surface area contributed by atoms with Crippen LogP contribution in [0.15, 0.2) is 0 Å². The summed E-state index contributed by atoms with van der Waals surface area (Å²) < 4.78 is 5.51. The Bertz CT molecular complexity index is 250. The Morgan fingerprint density at radius 2 is 2.00 bits per heavy atom. The van der Waals surface area contributed by atoms with Gasteiger partial charge in [-0.1, -0.05) is 34.1 Å². The third-order valence-electron chi connectivity index (χ3n) is 4.47. The van der Waals surface area contributed by atoms with Crippen LogP contribution in [-0.4, -0.2) is 49.0 Å². The van der Waals surface area contributed by atoms with Crippen molar-refractivity contribution in [2.45, 2.75) is 65.9 Å². The van der Waals surface area contributed by atoms with E-state index >= 15 is 0 Å². The van der Waals surface area contributed by atoms with Gasteiger partial charge in [-0.2, -0.15) is 0 Å². The quantitative estimate of drug-likeness (QED) is 0.728. The van der Waals surface area contributed by atoms with Crippen LogP contribution in [0.3, 0.4) is 0 Å². The molecule has 1 aliphatic rings. The number of likely N-dealkylation sites (tertiary alicyclic amines) is 1. The highest BCUT2D eigenvalue weighted by Crippen LogP contribution is 2.34. The van der Waals surface area contributed by atoms with E-state index in [1.54, 1.807) is 0 Å². The van der Waals surface area contributed by atoms with Gasteiger partial charge in [0, 0.05) is 13.2 Å². The van der Waals surface area contributed by atoms with Gasteiger partial charge in [0.1, 0.15) is 0 Å². The fourth-order valence-corrected chi connectivity index (χ4v) is 3.02. The summed E-state index contributed by atoms with van der Waals surface area (Å²) in [5, 5.41) is 10.1. The lowest BCUT2D eigenvalue weighted by Crippen LogP contribution is -2.36. The molecule has 0 amide bonds. The molecule has 1 aliphatic heterocycles. The standard InChI is InChI=1S/C17H35NO2/c1-5-6-12-20-14-16(19)13-18-10-7-8-15(9-11-18)17(2,3)4/h15-16,19H,5-14H2,1-4H3. The van der Waals surface area contributed by atoms with Crippen molar-refractivity contribution in [2.75, 3.05) is 32.8 Å². The summed E-state index contributed by atoms with van der Waals surface area (Å²) in [6, 6.07) is 0. The van der Waals surface area contributed by atoms with Gasteiger partial charge in [-0.15, -0.1) is 0 Å². The molecule has 1 N–H and O–H groups in total. The molecule has 0 aromatic carbocycles. The first-order valence-corrected chi connectivity index (χ1v) is 8.41. The minimum Gasteiger partial charge on any atom is -0.389 e. The van der Waals surface area contributed by atoms with Crippen molar-refractivity contribution in [3.05, 3.63) is 0 Å². The van der Waals surface area contributed by atoms with Gasteiger partial charge in [0.05, 0.1) is 12.7 Å². The topological polar surface area (TPSA) is 32.7 Å². The lowest BCUT2D eigenvalue weighted by molar-refractivity contribution is 0.0160. The number of β-amino-alcohol motifs (C(OH)–C–C–N with tert-alkyl or cyclic N) is 1. The summed E-state index contributed by atoms with van der Waals surface area (Å²) in [6.07, 6.45) is 5.74. The molecule has 0 saturated carbocycles. The van der Waals surface area contributed by atoms with E-state index in [9.17, 15) is 5.11 Å². The highest BCUT2D eigenvalue weighted by atomic mass is 16.5. The van der Waals surface area contributed by atoms with Gasteiger partial charge >= 0.3 is 0 Å².